The number of para-hydroxylation sites is 2. The summed E-state index contributed by atoms with van der Waals surface area (Å²) in [7, 11) is 1.67. The van der Waals surface area contributed by atoms with Crippen molar-refractivity contribution < 1.29 is 14.6 Å². The first-order chi connectivity index (χ1) is 8.72. The van der Waals surface area contributed by atoms with Crippen LogP contribution in [-0.2, 0) is 4.79 Å². The summed E-state index contributed by atoms with van der Waals surface area (Å²) >= 11 is 0. The molecular formula is C13H18N2O3. The second kappa shape index (κ2) is 5.73. The molecule has 0 amide bonds. The average Bonchev–Trinajstić information content (AvgIpc) is 2.58. The summed E-state index contributed by atoms with van der Waals surface area (Å²) in [6.07, 6.45) is 0.894. The van der Waals surface area contributed by atoms with Crippen LogP contribution >= 0.6 is 0 Å². The summed E-state index contributed by atoms with van der Waals surface area (Å²) in [5.41, 5.74) is 0.969. The molecule has 0 bridgehead atoms. The van der Waals surface area contributed by atoms with E-state index >= 15 is 0 Å². The minimum atomic E-state index is -0.833. The molecular weight excluding hydrogens is 232 g/mol. The van der Waals surface area contributed by atoms with Crippen LogP contribution in [0.2, 0.25) is 0 Å². The molecule has 0 saturated carbocycles. The lowest BCUT2D eigenvalue weighted by molar-refractivity contribution is -0.139. The van der Waals surface area contributed by atoms with Crippen LogP contribution < -0.4 is 15.0 Å². The highest BCUT2D eigenvalue weighted by Crippen LogP contribution is 2.30. The predicted molar refractivity (Wildman–Crippen MR) is 69.3 cm³/mol. The molecule has 0 radical (unpaired) electrons. The zero-order valence-electron chi connectivity index (χ0n) is 10.4. The summed E-state index contributed by atoms with van der Waals surface area (Å²) in [5, 5.41) is 11.9. The van der Waals surface area contributed by atoms with Crippen molar-refractivity contribution in [3.05, 3.63) is 24.3 Å². The van der Waals surface area contributed by atoms with Gasteiger partial charge in [0.1, 0.15) is 11.8 Å². The number of nitrogens with one attached hydrogen (secondary N) is 1. The normalized spacial score (nSPS) is 16.4. The molecule has 18 heavy (non-hydrogen) atoms. The molecule has 1 aliphatic rings. The fourth-order valence-electron chi connectivity index (χ4n) is 2.10. The van der Waals surface area contributed by atoms with Crippen molar-refractivity contribution in [2.24, 2.45) is 0 Å². The van der Waals surface area contributed by atoms with E-state index in [2.05, 4.69) is 10.2 Å². The monoisotopic (exact) mass is 250 g/mol. The molecule has 0 aromatic heterocycles. The Morgan fingerprint density at radius 2 is 2.33 bits per heavy atom. The SMILES string of the molecule is CNC(CN1CCCOc2ccccc21)C(=O)O. The van der Waals surface area contributed by atoms with Gasteiger partial charge in [0, 0.05) is 13.1 Å². The van der Waals surface area contributed by atoms with Crippen LogP contribution in [0.15, 0.2) is 24.3 Å². The first-order valence-electron chi connectivity index (χ1n) is 6.09. The molecule has 1 unspecified atom stereocenters. The molecule has 1 aromatic rings. The van der Waals surface area contributed by atoms with E-state index in [-0.39, 0.29) is 0 Å². The number of benzene rings is 1. The quantitative estimate of drug-likeness (QED) is 0.833. The number of nitrogens with zero attached hydrogens (tertiary/aromatic N) is 1. The zero-order chi connectivity index (χ0) is 13.0. The number of carboxylic acids is 1. The number of ether oxygens (including phenoxy) is 1. The van der Waals surface area contributed by atoms with Crippen molar-refractivity contribution in [3.63, 3.8) is 0 Å². The molecule has 0 fully saturated rings. The molecule has 2 N–H and O–H groups in total. The highest BCUT2D eigenvalue weighted by molar-refractivity contribution is 5.75. The highest BCUT2D eigenvalue weighted by Gasteiger charge is 2.22. The maximum absolute atomic E-state index is 11.1. The Kier molecular flexibility index (Phi) is 4.04. The molecule has 1 aromatic carbocycles. The van der Waals surface area contributed by atoms with E-state index in [9.17, 15) is 4.79 Å². The lowest BCUT2D eigenvalue weighted by atomic mass is 10.2. The molecule has 5 heteroatoms. The van der Waals surface area contributed by atoms with E-state index < -0.39 is 12.0 Å². The predicted octanol–water partition coefficient (Wildman–Crippen LogP) is 0.948. The Bertz CT molecular complexity index is 422. The van der Waals surface area contributed by atoms with Crippen LogP contribution in [0, 0.1) is 0 Å². The van der Waals surface area contributed by atoms with E-state index in [0.29, 0.717) is 13.2 Å². The molecule has 0 spiro atoms. The van der Waals surface area contributed by atoms with Gasteiger partial charge in [-0.1, -0.05) is 12.1 Å². The summed E-state index contributed by atoms with van der Waals surface area (Å²) in [5.74, 6) is -0.00427. The molecule has 1 heterocycles. The number of fused-ring (bicyclic) bond motifs is 1. The van der Waals surface area contributed by atoms with Gasteiger partial charge in [-0.15, -0.1) is 0 Å². The molecule has 0 aliphatic carbocycles. The van der Waals surface area contributed by atoms with Crippen molar-refractivity contribution in [1.82, 2.24) is 5.32 Å². The second-order valence-electron chi connectivity index (χ2n) is 4.30. The number of carbonyl (C=O) groups is 1. The number of carboxylic acid groups (broad SMARTS) is 1. The van der Waals surface area contributed by atoms with E-state index in [1.54, 1.807) is 7.05 Å². The summed E-state index contributed by atoms with van der Waals surface area (Å²) in [6.45, 7) is 1.92. The Labute approximate surface area is 106 Å². The number of anilines is 1. The van der Waals surface area contributed by atoms with Gasteiger partial charge in [-0.05, 0) is 25.6 Å². The van der Waals surface area contributed by atoms with E-state index in [1.807, 2.05) is 24.3 Å². The van der Waals surface area contributed by atoms with Crippen LogP contribution in [0.1, 0.15) is 6.42 Å². The third-order valence-corrected chi connectivity index (χ3v) is 3.09. The van der Waals surface area contributed by atoms with Gasteiger partial charge in [0.25, 0.3) is 0 Å². The van der Waals surface area contributed by atoms with Gasteiger partial charge in [-0.3, -0.25) is 4.79 Å². The average molecular weight is 250 g/mol. The van der Waals surface area contributed by atoms with E-state index in [1.165, 1.54) is 0 Å². The smallest absolute Gasteiger partial charge is 0.322 e. The van der Waals surface area contributed by atoms with Crippen molar-refractivity contribution >= 4 is 11.7 Å². The maximum Gasteiger partial charge on any atom is 0.322 e. The van der Waals surface area contributed by atoms with Crippen LogP contribution in [-0.4, -0.2) is 43.9 Å². The number of hydrogen-bond donors (Lipinski definition) is 2. The third kappa shape index (κ3) is 2.73. The lowest BCUT2D eigenvalue weighted by Gasteiger charge is -2.26. The Morgan fingerprint density at radius 1 is 1.56 bits per heavy atom. The number of rotatable bonds is 4. The summed E-state index contributed by atoms with van der Waals surface area (Å²) in [6, 6.07) is 7.18. The zero-order valence-corrected chi connectivity index (χ0v) is 10.4. The van der Waals surface area contributed by atoms with Crippen LogP contribution in [0.5, 0.6) is 5.75 Å². The Balaban J connectivity index is 2.19. The minimum absolute atomic E-state index is 0.437. The van der Waals surface area contributed by atoms with E-state index in [4.69, 9.17) is 9.84 Å². The Morgan fingerprint density at radius 3 is 3.06 bits per heavy atom. The summed E-state index contributed by atoms with van der Waals surface area (Å²) in [4.78, 5) is 13.1. The van der Waals surface area contributed by atoms with Gasteiger partial charge >= 0.3 is 5.97 Å². The molecule has 2 rings (SSSR count). The number of aliphatic carboxylic acids is 1. The van der Waals surface area contributed by atoms with Gasteiger partial charge in [0.15, 0.2) is 0 Å². The largest absolute Gasteiger partial charge is 0.491 e. The van der Waals surface area contributed by atoms with Gasteiger partial charge in [-0.2, -0.15) is 0 Å². The van der Waals surface area contributed by atoms with Gasteiger partial charge in [0.05, 0.1) is 12.3 Å². The van der Waals surface area contributed by atoms with Crippen LogP contribution in [0.4, 0.5) is 5.69 Å². The minimum Gasteiger partial charge on any atom is -0.491 e. The van der Waals surface area contributed by atoms with Gasteiger partial charge in [-0.25, -0.2) is 0 Å². The maximum atomic E-state index is 11.1. The van der Waals surface area contributed by atoms with Crippen molar-refractivity contribution in [2.75, 3.05) is 31.6 Å². The second-order valence-corrected chi connectivity index (χ2v) is 4.30. The fraction of sp³-hybridized carbons (Fsp3) is 0.462. The molecule has 1 aliphatic heterocycles. The van der Waals surface area contributed by atoms with Gasteiger partial charge < -0.3 is 20.1 Å². The fourth-order valence-corrected chi connectivity index (χ4v) is 2.10. The number of likely N-dealkylation sites (N-methyl/N-ethyl adjacent to an activating group) is 1. The van der Waals surface area contributed by atoms with E-state index in [0.717, 1.165) is 24.4 Å². The molecule has 5 nitrogen and oxygen atoms in total. The Hall–Kier alpha value is -1.75. The van der Waals surface area contributed by atoms with Crippen molar-refractivity contribution in [3.8, 4) is 5.75 Å². The topological polar surface area (TPSA) is 61.8 Å². The standard InChI is InChI=1S/C13H18N2O3/c1-14-10(13(16)17)9-15-7-4-8-18-12-6-3-2-5-11(12)15/h2-3,5-6,10,14H,4,7-9H2,1H3,(H,16,17). The first kappa shape index (κ1) is 12.7. The molecule has 1 atom stereocenters. The first-order valence-corrected chi connectivity index (χ1v) is 6.09. The molecule has 98 valence electrons. The highest BCUT2D eigenvalue weighted by atomic mass is 16.5. The van der Waals surface area contributed by atoms with Crippen molar-refractivity contribution in [1.29, 1.82) is 0 Å². The molecule has 0 saturated heterocycles. The van der Waals surface area contributed by atoms with Crippen LogP contribution in [0.3, 0.4) is 0 Å². The van der Waals surface area contributed by atoms with Gasteiger partial charge in [0.2, 0.25) is 0 Å². The summed E-state index contributed by atoms with van der Waals surface area (Å²) < 4.78 is 5.64. The lowest BCUT2D eigenvalue weighted by Crippen LogP contribution is -2.45. The third-order valence-electron chi connectivity index (χ3n) is 3.09. The van der Waals surface area contributed by atoms with Crippen molar-refractivity contribution in [2.45, 2.75) is 12.5 Å². The number of hydrogen-bond acceptors (Lipinski definition) is 4. The van der Waals surface area contributed by atoms with Crippen LogP contribution in [0.25, 0.3) is 0 Å².